The van der Waals surface area contributed by atoms with Crippen LogP contribution in [0.15, 0.2) is 54.6 Å². The summed E-state index contributed by atoms with van der Waals surface area (Å²) in [7, 11) is 1.82. The van der Waals surface area contributed by atoms with Crippen LogP contribution in [0.5, 0.6) is 5.75 Å². The number of aliphatic carboxylic acids is 1. The standard InChI is InChI=1S/C28H29FN4O3.CH2O2/c1-17-14-33(15-20-6-4-5-7-26(20)36-17)16-21-12-19(8-10-24(21)29)23(13-27(34)35)22-9-11-25-28(18(22)2)30-31-32(25)3;2-1-3/h4-12,17,23H,13-16H2,1-3H3,(H,34,35);1H,(H,2,3)/t17-,23?;/m0./s1. The molecule has 0 bridgehead atoms. The molecule has 0 saturated heterocycles. The molecule has 1 aromatic heterocycles. The molecule has 204 valence electrons. The van der Waals surface area contributed by atoms with Crippen molar-refractivity contribution in [3.05, 3.63) is 88.2 Å². The predicted octanol–water partition coefficient (Wildman–Crippen LogP) is 4.51. The second-order valence-corrected chi connectivity index (χ2v) is 9.67. The van der Waals surface area contributed by atoms with E-state index in [-0.39, 0.29) is 24.8 Å². The van der Waals surface area contributed by atoms with Gasteiger partial charge in [-0.25, -0.2) is 9.07 Å². The van der Waals surface area contributed by atoms with Gasteiger partial charge in [0, 0.05) is 43.7 Å². The highest BCUT2D eigenvalue weighted by Crippen LogP contribution is 2.34. The topological polar surface area (TPSA) is 118 Å². The molecule has 0 aliphatic carbocycles. The van der Waals surface area contributed by atoms with Crippen LogP contribution in [0.2, 0.25) is 0 Å². The van der Waals surface area contributed by atoms with Crippen LogP contribution in [0.25, 0.3) is 11.0 Å². The number of aryl methyl sites for hydroxylation is 2. The zero-order chi connectivity index (χ0) is 28.1. The minimum Gasteiger partial charge on any atom is -0.489 e. The number of carboxylic acid groups (broad SMARTS) is 2. The Morgan fingerprint density at radius 1 is 1.23 bits per heavy atom. The highest BCUT2D eigenvalue weighted by atomic mass is 19.1. The fourth-order valence-corrected chi connectivity index (χ4v) is 5.17. The lowest BCUT2D eigenvalue weighted by molar-refractivity contribution is -0.137. The van der Waals surface area contributed by atoms with Crippen LogP contribution >= 0.6 is 0 Å². The number of nitrogens with zero attached hydrogens (tertiary/aromatic N) is 4. The molecular formula is C29H31FN4O5. The quantitative estimate of drug-likeness (QED) is 0.347. The van der Waals surface area contributed by atoms with Crippen molar-refractivity contribution in [1.82, 2.24) is 19.9 Å². The fraction of sp³-hybridized carbons (Fsp3) is 0.310. The lowest BCUT2D eigenvalue weighted by Crippen LogP contribution is -2.30. The van der Waals surface area contributed by atoms with Crippen molar-refractivity contribution in [3.8, 4) is 5.75 Å². The van der Waals surface area contributed by atoms with Crippen LogP contribution in [0.4, 0.5) is 4.39 Å². The van der Waals surface area contributed by atoms with Gasteiger partial charge in [0.25, 0.3) is 6.47 Å². The monoisotopic (exact) mass is 534 g/mol. The number of halogens is 1. The SMILES string of the molecule is Cc1c(C(CC(=O)O)c2ccc(F)c(CN3Cc4ccccc4O[C@@H](C)C3)c2)ccc2c1nnn2C.O=CO. The average Bonchev–Trinajstić information content (AvgIpc) is 3.18. The van der Waals surface area contributed by atoms with Crippen LogP contribution in [0.3, 0.4) is 0 Å². The lowest BCUT2D eigenvalue weighted by Gasteiger charge is -2.24. The Labute approximate surface area is 225 Å². The smallest absolute Gasteiger partial charge is 0.304 e. The fourth-order valence-electron chi connectivity index (χ4n) is 5.17. The van der Waals surface area contributed by atoms with Gasteiger partial charge >= 0.3 is 5.97 Å². The van der Waals surface area contributed by atoms with E-state index in [1.807, 2.05) is 63.4 Å². The molecule has 2 N–H and O–H groups in total. The summed E-state index contributed by atoms with van der Waals surface area (Å²) in [6.45, 7) is 5.38. The molecular weight excluding hydrogens is 503 g/mol. The number of rotatable bonds is 6. The summed E-state index contributed by atoms with van der Waals surface area (Å²) >= 11 is 0. The molecule has 9 nitrogen and oxygen atoms in total. The maximum absolute atomic E-state index is 15.0. The van der Waals surface area contributed by atoms with E-state index in [2.05, 4.69) is 15.2 Å². The molecule has 10 heteroatoms. The van der Waals surface area contributed by atoms with Gasteiger partial charge in [-0.05, 0) is 48.7 Å². The van der Waals surface area contributed by atoms with Crippen LogP contribution in [-0.2, 0) is 29.7 Å². The first kappa shape index (κ1) is 27.7. The average molecular weight is 535 g/mol. The zero-order valence-corrected chi connectivity index (χ0v) is 22.0. The van der Waals surface area contributed by atoms with E-state index >= 15 is 4.39 Å². The molecule has 0 radical (unpaired) electrons. The maximum atomic E-state index is 15.0. The largest absolute Gasteiger partial charge is 0.489 e. The molecule has 2 heterocycles. The summed E-state index contributed by atoms with van der Waals surface area (Å²) in [4.78, 5) is 22.4. The molecule has 0 saturated carbocycles. The molecule has 1 aliphatic heterocycles. The van der Waals surface area contributed by atoms with Gasteiger partial charge in [0.1, 0.15) is 23.2 Å². The van der Waals surface area contributed by atoms with Gasteiger partial charge in [-0.3, -0.25) is 14.5 Å². The van der Waals surface area contributed by atoms with Gasteiger partial charge in [-0.1, -0.05) is 41.6 Å². The Morgan fingerprint density at radius 2 is 1.97 bits per heavy atom. The molecule has 4 aromatic rings. The Kier molecular flexibility index (Phi) is 8.55. The van der Waals surface area contributed by atoms with Crippen molar-refractivity contribution in [2.24, 2.45) is 7.05 Å². The second kappa shape index (κ2) is 12.0. The lowest BCUT2D eigenvalue weighted by atomic mass is 9.85. The normalized spacial score (nSPS) is 15.8. The highest BCUT2D eigenvalue weighted by molar-refractivity contribution is 5.80. The molecule has 39 heavy (non-hydrogen) atoms. The van der Waals surface area contributed by atoms with Gasteiger partial charge in [0.15, 0.2) is 0 Å². The number of benzene rings is 3. The minimum absolute atomic E-state index is 0.0407. The molecule has 0 spiro atoms. The van der Waals surface area contributed by atoms with Crippen molar-refractivity contribution in [1.29, 1.82) is 0 Å². The summed E-state index contributed by atoms with van der Waals surface area (Å²) in [5.41, 5.74) is 5.72. The van der Waals surface area contributed by atoms with Crippen LogP contribution in [0, 0.1) is 12.7 Å². The van der Waals surface area contributed by atoms with Crippen molar-refractivity contribution in [2.45, 2.75) is 45.4 Å². The number of para-hydroxylation sites is 1. The first-order chi connectivity index (χ1) is 18.7. The van der Waals surface area contributed by atoms with Gasteiger partial charge in [-0.2, -0.15) is 0 Å². The summed E-state index contributed by atoms with van der Waals surface area (Å²) in [6.07, 6.45) is -0.152. The maximum Gasteiger partial charge on any atom is 0.304 e. The summed E-state index contributed by atoms with van der Waals surface area (Å²) in [6, 6.07) is 16.7. The van der Waals surface area contributed by atoms with Crippen LogP contribution < -0.4 is 4.74 Å². The Bertz CT molecular complexity index is 1490. The van der Waals surface area contributed by atoms with Crippen molar-refractivity contribution < 1.29 is 28.9 Å². The van der Waals surface area contributed by atoms with E-state index in [0.717, 1.165) is 39.0 Å². The molecule has 0 fully saturated rings. The van der Waals surface area contributed by atoms with E-state index in [4.69, 9.17) is 14.6 Å². The first-order valence-electron chi connectivity index (χ1n) is 12.6. The minimum atomic E-state index is -0.917. The van der Waals surface area contributed by atoms with Crippen molar-refractivity contribution in [2.75, 3.05) is 6.54 Å². The second-order valence-electron chi connectivity index (χ2n) is 9.67. The zero-order valence-electron chi connectivity index (χ0n) is 22.0. The third-order valence-electron chi connectivity index (χ3n) is 6.91. The van der Waals surface area contributed by atoms with Gasteiger partial charge in [-0.15, -0.1) is 5.10 Å². The molecule has 1 aliphatic rings. The Morgan fingerprint density at radius 3 is 2.72 bits per heavy atom. The van der Waals surface area contributed by atoms with E-state index < -0.39 is 11.9 Å². The van der Waals surface area contributed by atoms with E-state index in [1.54, 1.807) is 10.7 Å². The number of hydrogen-bond acceptors (Lipinski definition) is 6. The van der Waals surface area contributed by atoms with Crippen LogP contribution in [-0.4, -0.2) is 55.2 Å². The van der Waals surface area contributed by atoms with Crippen LogP contribution in [0.1, 0.15) is 47.1 Å². The van der Waals surface area contributed by atoms with E-state index in [1.165, 1.54) is 6.07 Å². The Hall–Kier alpha value is -4.31. The molecule has 3 aromatic carbocycles. The number of fused-ring (bicyclic) bond motifs is 2. The summed E-state index contributed by atoms with van der Waals surface area (Å²) < 4.78 is 22.8. The first-order valence-corrected chi connectivity index (χ1v) is 12.6. The summed E-state index contributed by atoms with van der Waals surface area (Å²) in [5.74, 6) is -0.807. The predicted molar refractivity (Wildman–Crippen MR) is 143 cm³/mol. The van der Waals surface area contributed by atoms with E-state index in [9.17, 15) is 9.90 Å². The number of hydrogen-bond donors (Lipinski definition) is 2. The van der Waals surface area contributed by atoms with Gasteiger partial charge in [0.2, 0.25) is 0 Å². The molecule has 1 unspecified atom stereocenters. The van der Waals surface area contributed by atoms with Gasteiger partial charge in [0.05, 0.1) is 11.9 Å². The summed E-state index contributed by atoms with van der Waals surface area (Å²) in [5, 5.41) is 25.0. The van der Waals surface area contributed by atoms with Crippen molar-refractivity contribution in [3.63, 3.8) is 0 Å². The number of aromatic nitrogens is 3. The number of carboxylic acids is 1. The van der Waals surface area contributed by atoms with E-state index in [0.29, 0.717) is 25.2 Å². The third-order valence-corrected chi connectivity index (χ3v) is 6.91. The molecule has 0 amide bonds. The molecule has 5 rings (SSSR count). The van der Waals surface area contributed by atoms with Crippen molar-refractivity contribution >= 4 is 23.5 Å². The highest BCUT2D eigenvalue weighted by Gasteiger charge is 2.25. The molecule has 2 atom stereocenters. The number of carbonyl (C=O) groups is 2. The number of ether oxygens (including phenoxy) is 1. The third kappa shape index (κ3) is 6.23. The van der Waals surface area contributed by atoms with Gasteiger partial charge < -0.3 is 14.9 Å². The Balaban J connectivity index is 0.00000112.